The van der Waals surface area contributed by atoms with Crippen molar-refractivity contribution in [3.8, 4) is 11.5 Å². The Morgan fingerprint density at radius 1 is 0.542 bits per heavy atom. The van der Waals surface area contributed by atoms with E-state index in [9.17, 15) is 79.0 Å². The summed E-state index contributed by atoms with van der Waals surface area (Å²) in [7, 11) is -2.23. The van der Waals surface area contributed by atoms with Crippen LogP contribution in [0.5, 0.6) is 11.5 Å². The summed E-state index contributed by atoms with van der Waals surface area (Å²) in [4.78, 5) is 153. The molecule has 5 amide bonds. The molecule has 1 fully saturated rings. The molecule has 646 valence electrons. The molecule has 0 bridgehead atoms. The van der Waals surface area contributed by atoms with Gasteiger partial charge in [-0.05, 0) is 167 Å². The standard InChI is InChI=1S/C84H116N10O22S2/c1-17-20-25-32-66-74(96)90(13)51(5)80(103)114-68(34-27-22-19-3)76(98)92(15)53(7)82(105)116-69(77(99)93(16)52(6)81(104)115-67(33-26-21-18-2)75(97)91(14)50(4)79(102)113-66)35-30-31-57-47-94(88-87-57)39-29-24-23-28-38-89(12)73(95)54-36-37-58(61(40-54)78(100)101)72-62-41-59-55(48-117(106,107)108)45-83(8,9)85-64(59)43-70(62)112-71-44-65-60(42-63(71)72)56(49-118(109,110)111)46-84(10,11)86-65/h36-37,40-47,50-53,66-69,85H,17-35,38-39,48-49H2,1-16H3,(H,100,101)(H,106,107,108)(H,109,110,111)/t50-,51-,52-,53-,66+,67+,68+,69+/m1/s1. The highest BCUT2D eigenvalue weighted by Crippen LogP contribution is 2.45. The number of hydrogen-bond donors (Lipinski definition) is 4. The highest BCUT2D eigenvalue weighted by atomic mass is 32.2. The summed E-state index contributed by atoms with van der Waals surface area (Å²) in [5.74, 6) is -9.86. The number of aromatic carboxylic acids is 1. The molecule has 1 aromatic heterocycles. The number of esters is 4. The van der Waals surface area contributed by atoms with Crippen LogP contribution in [-0.4, -0.2) is 243 Å². The van der Waals surface area contributed by atoms with E-state index in [1.807, 2.05) is 34.6 Å². The lowest BCUT2D eigenvalue weighted by Crippen LogP contribution is -2.53. The number of amides is 5. The second kappa shape index (κ2) is 40.2. The maximum Gasteiger partial charge on any atom is 0.336 e. The molecule has 34 heteroatoms. The molecule has 4 aliphatic rings. The van der Waals surface area contributed by atoms with Gasteiger partial charge in [0.15, 0.2) is 24.4 Å². The van der Waals surface area contributed by atoms with Crippen molar-refractivity contribution in [3.63, 3.8) is 0 Å². The van der Waals surface area contributed by atoms with E-state index >= 15 is 0 Å². The number of hydrogen-bond acceptors (Lipinski definition) is 23. The zero-order valence-corrected chi connectivity index (χ0v) is 72.2. The minimum atomic E-state index is -4.59. The summed E-state index contributed by atoms with van der Waals surface area (Å²) in [5, 5.41) is 23.7. The third-order valence-electron chi connectivity index (χ3n) is 21.9. The lowest BCUT2D eigenvalue weighted by atomic mass is 9.84. The number of carboxylic acids is 1. The molecular weight excluding hydrogens is 1570 g/mol. The average molecular weight is 1680 g/mol. The second-order valence-electron chi connectivity index (χ2n) is 32.4. The maximum absolute atomic E-state index is 14.7. The first-order valence-corrected chi connectivity index (χ1v) is 43.8. The van der Waals surface area contributed by atoms with Crippen molar-refractivity contribution in [1.82, 2.24) is 39.5 Å². The van der Waals surface area contributed by atoms with Crippen LogP contribution in [0.3, 0.4) is 0 Å². The van der Waals surface area contributed by atoms with Crippen LogP contribution in [-0.2, 0) is 90.5 Å². The Labute approximate surface area is 690 Å². The lowest BCUT2D eigenvalue weighted by molar-refractivity contribution is -0.176. The second-order valence-corrected chi connectivity index (χ2v) is 35.3. The van der Waals surface area contributed by atoms with E-state index in [0.717, 1.165) is 38.9 Å². The molecular formula is C84H116N10O22S2. The molecule has 4 aliphatic heterocycles. The number of carbonyl (C=O) groups excluding carboxylic acids is 9. The van der Waals surface area contributed by atoms with Gasteiger partial charge in [0.25, 0.3) is 49.8 Å². The fourth-order valence-electron chi connectivity index (χ4n) is 14.7. The number of cyclic esters (lactones) is 4. The van der Waals surface area contributed by atoms with Crippen molar-refractivity contribution >= 4 is 102 Å². The topological polar surface area (TPSA) is 417 Å². The zero-order chi connectivity index (χ0) is 87.2. The fourth-order valence-corrected chi connectivity index (χ4v) is 16.0. The fraction of sp³-hybridized carbons (Fsp3) is 0.583. The Morgan fingerprint density at radius 2 is 1.00 bits per heavy atom. The molecule has 5 heterocycles. The van der Waals surface area contributed by atoms with E-state index in [1.165, 1.54) is 79.0 Å². The molecule has 3 aromatic carbocycles. The van der Waals surface area contributed by atoms with Gasteiger partial charge in [-0.25, -0.2) is 24.0 Å². The molecule has 8 atom stereocenters. The van der Waals surface area contributed by atoms with E-state index in [1.54, 1.807) is 68.2 Å². The zero-order valence-electron chi connectivity index (χ0n) is 70.6. The number of nitrogens with one attached hydrogen (secondary N) is 1. The Balaban J connectivity index is 0.958. The molecule has 0 radical (unpaired) electrons. The van der Waals surface area contributed by atoms with Gasteiger partial charge in [-0.15, -0.1) is 5.10 Å². The Bertz CT molecular complexity index is 4870. The molecule has 0 spiro atoms. The summed E-state index contributed by atoms with van der Waals surface area (Å²) in [5.41, 5.74) is 0.831. The lowest BCUT2D eigenvalue weighted by Gasteiger charge is -2.34. The van der Waals surface area contributed by atoms with Gasteiger partial charge in [0.2, 0.25) is 0 Å². The highest BCUT2D eigenvalue weighted by molar-refractivity contribution is 7.86. The van der Waals surface area contributed by atoms with Gasteiger partial charge in [0.1, 0.15) is 47.2 Å². The van der Waals surface area contributed by atoms with Gasteiger partial charge < -0.3 is 58.6 Å². The van der Waals surface area contributed by atoms with Crippen LogP contribution < -0.4 is 20.6 Å². The van der Waals surface area contributed by atoms with Crippen molar-refractivity contribution in [2.75, 3.05) is 58.6 Å². The SMILES string of the molecule is CCCCC[C@@H]1OC(=O)[C@@H](C)N(C)C(=O)[C@H](CCCCC)OC(=O)[C@@H](C)N(C)C(=O)[C@H](CCCc2cn(CCCCCCN(C)C(=O)c3ccc(C4=c5cc6c(cc5Oc5cc7c(cc54)C(CS(=O)(=O)O)=CC(C)(C)N7)=NC(C)(C)C=C6CS(=O)(=O)O)c(C(=O)O)c3)nn2)OC(=O)[C@@H](C)N(C)C(=O)[C@H](CCCCC)OC(=O)[C@@H](C)N(C)C1=O. The number of carboxylic acid groups (broad SMARTS) is 1. The van der Waals surface area contributed by atoms with Crippen molar-refractivity contribution in [1.29, 1.82) is 0 Å². The van der Waals surface area contributed by atoms with Gasteiger partial charge in [0.05, 0.1) is 27.7 Å². The number of fused-ring (bicyclic) bond motifs is 4. The third-order valence-corrected chi connectivity index (χ3v) is 23.3. The number of likely N-dealkylation sites (N-methyl/N-ethyl adjacent to an activating group) is 4. The number of nitrogens with zero attached hydrogens (tertiary/aromatic N) is 9. The highest BCUT2D eigenvalue weighted by Gasteiger charge is 2.42. The van der Waals surface area contributed by atoms with E-state index in [4.69, 9.17) is 28.7 Å². The van der Waals surface area contributed by atoms with Crippen molar-refractivity contribution in [3.05, 3.63) is 110 Å². The van der Waals surface area contributed by atoms with E-state index < -0.39 is 151 Å². The molecule has 0 aliphatic carbocycles. The summed E-state index contributed by atoms with van der Waals surface area (Å²) in [6.07, 6.45) is 8.01. The largest absolute Gasteiger partial charge is 0.478 e. The predicted molar refractivity (Wildman–Crippen MR) is 439 cm³/mol. The molecule has 32 nitrogen and oxygen atoms in total. The van der Waals surface area contributed by atoms with Gasteiger partial charge in [0, 0.05) is 105 Å². The summed E-state index contributed by atoms with van der Waals surface area (Å²) in [6, 6.07) is 5.40. The van der Waals surface area contributed by atoms with Crippen molar-refractivity contribution in [2.45, 2.75) is 264 Å². The molecule has 4 aromatic rings. The first-order valence-electron chi connectivity index (χ1n) is 40.6. The van der Waals surface area contributed by atoms with Gasteiger partial charge >= 0.3 is 29.8 Å². The summed E-state index contributed by atoms with van der Waals surface area (Å²) < 4.78 is 102. The van der Waals surface area contributed by atoms with E-state index in [-0.39, 0.29) is 95.2 Å². The minimum absolute atomic E-state index is 0.0526. The van der Waals surface area contributed by atoms with Gasteiger partial charge in [-0.3, -0.25) is 42.8 Å². The Kier molecular flexibility index (Phi) is 31.9. The number of unbranched alkanes of at least 4 members (excludes halogenated alkanes) is 9. The first kappa shape index (κ1) is 93.6. The normalized spacial score (nSPS) is 21.7. The minimum Gasteiger partial charge on any atom is -0.478 e. The van der Waals surface area contributed by atoms with Crippen LogP contribution in [0.15, 0.2) is 65.8 Å². The number of anilines is 1. The number of benzene rings is 3. The predicted octanol–water partition coefficient (Wildman–Crippen LogP) is 8.93. The molecule has 0 saturated carbocycles. The molecule has 4 N–H and O–H groups in total. The van der Waals surface area contributed by atoms with Crippen LogP contribution in [0.1, 0.15) is 240 Å². The monoisotopic (exact) mass is 1680 g/mol. The van der Waals surface area contributed by atoms with Crippen LogP contribution in [0.2, 0.25) is 0 Å². The average Bonchev–Trinajstić information content (AvgIpc) is 0.744. The van der Waals surface area contributed by atoms with Crippen LogP contribution in [0.4, 0.5) is 5.69 Å². The summed E-state index contributed by atoms with van der Waals surface area (Å²) >= 11 is 0. The van der Waals surface area contributed by atoms with E-state index in [2.05, 4.69) is 15.6 Å². The molecule has 1 saturated heterocycles. The third kappa shape index (κ3) is 24.2. The first-order chi connectivity index (χ1) is 55.4. The maximum atomic E-state index is 14.7. The summed E-state index contributed by atoms with van der Waals surface area (Å²) in [6.45, 7) is 19.3. The van der Waals surface area contributed by atoms with Gasteiger partial charge in [-0.1, -0.05) is 95.6 Å². The number of ether oxygens (including phenoxy) is 5. The number of aromatic nitrogens is 3. The molecule has 118 heavy (non-hydrogen) atoms. The number of rotatable bonds is 30. The van der Waals surface area contributed by atoms with Gasteiger partial charge in [-0.2, -0.15) is 16.8 Å². The van der Waals surface area contributed by atoms with Crippen LogP contribution in [0.25, 0.3) is 16.7 Å². The molecule has 0 unspecified atom stereocenters. The molecule has 8 rings (SSSR count). The smallest absolute Gasteiger partial charge is 0.336 e. The van der Waals surface area contributed by atoms with Crippen molar-refractivity contribution < 1.29 is 103 Å². The van der Waals surface area contributed by atoms with Crippen molar-refractivity contribution in [2.24, 2.45) is 4.99 Å². The van der Waals surface area contributed by atoms with E-state index in [0.29, 0.717) is 104 Å². The van der Waals surface area contributed by atoms with Crippen LogP contribution >= 0.6 is 0 Å². The quantitative estimate of drug-likeness (QED) is 0.0144. The number of aryl methyl sites for hydroxylation is 2. The van der Waals surface area contributed by atoms with Crippen LogP contribution in [0, 0.1) is 0 Å². The Hall–Kier alpha value is -9.93. The Morgan fingerprint density at radius 3 is 1.46 bits per heavy atom. The number of carbonyl (C=O) groups is 10.